The number of fused-ring (bicyclic) bond motifs is 1. The molecule has 1 N–H and O–H groups in total. The van der Waals surface area contributed by atoms with Gasteiger partial charge in [-0.1, -0.05) is 18.2 Å². The summed E-state index contributed by atoms with van der Waals surface area (Å²) >= 11 is 0. The fourth-order valence-corrected chi connectivity index (χ4v) is 3.80. The molecule has 0 saturated heterocycles. The maximum absolute atomic E-state index is 13.1. The summed E-state index contributed by atoms with van der Waals surface area (Å²) < 4.78 is 11.6. The number of Topliss-reactive ketones (excluding diaryl/α,β-unsaturated/α-hetero) is 1. The van der Waals surface area contributed by atoms with Crippen molar-refractivity contribution in [2.24, 2.45) is 5.10 Å². The van der Waals surface area contributed by atoms with Gasteiger partial charge in [-0.2, -0.15) is 5.10 Å². The third kappa shape index (κ3) is 3.80. The molecular weight excluding hydrogens is 406 g/mol. The minimum absolute atomic E-state index is 0.00145. The van der Waals surface area contributed by atoms with Crippen molar-refractivity contribution in [2.75, 3.05) is 11.9 Å². The highest BCUT2D eigenvalue weighted by atomic mass is 16.3. The minimum Gasteiger partial charge on any atom is -0.467 e. The Balaban J connectivity index is 1.37. The number of hydrogen-bond acceptors (Lipinski definition) is 6. The first-order valence-electron chi connectivity index (χ1n) is 10.4. The fraction of sp³-hybridized carbons (Fsp3) is 0.160. The highest BCUT2D eigenvalue weighted by molar-refractivity contribution is 6.03. The first kappa shape index (κ1) is 19.8. The number of carbonyl (C=O) groups excluding carboxylic acids is 2. The van der Waals surface area contributed by atoms with Gasteiger partial charge in [0.15, 0.2) is 11.5 Å². The van der Waals surface area contributed by atoms with Gasteiger partial charge in [-0.15, -0.1) is 0 Å². The van der Waals surface area contributed by atoms with Crippen molar-refractivity contribution in [1.82, 2.24) is 5.01 Å². The average molecular weight is 427 g/mol. The van der Waals surface area contributed by atoms with Crippen molar-refractivity contribution in [2.45, 2.75) is 19.4 Å². The van der Waals surface area contributed by atoms with Crippen LogP contribution in [-0.2, 0) is 4.79 Å². The van der Waals surface area contributed by atoms with E-state index in [4.69, 9.17) is 8.83 Å². The van der Waals surface area contributed by atoms with E-state index in [0.717, 1.165) is 16.7 Å². The van der Waals surface area contributed by atoms with Crippen molar-refractivity contribution in [1.29, 1.82) is 0 Å². The molecule has 7 heteroatoms. The second-order valence-electron chi connectivity index (χ2n) is 7.66. The van der Waals surface area contributed by atoms with E-state index in [1.807, 2.05) is 36.4 Å². The van der Waals surface area contributed by atoms with Crippen LogP contribution in [0.4, 0.5) is 5.69 Å². The van der Waals surface area contributed by atoms with Gasteiger partial charge in [0, 0.05) is 23.1 Å². The van der Waals surface area contributed by atoms with Crippen LogP contribution in [0.1, 0.15) is 41.3 Å². The number of hydrazone groups is 1. The minimum atomic E-state index is -0.345. The second kappa shape index (κ2) is 8.19. The number of furan rings is 2. The number of ketones is 1. The molecule has 1 amide bonds. The Bertz CT molecular complexity index is 1270. The van der Waals surface area contributed by atoms with Crippen LogP contribution in [0.3, 0.4) is 0 Å². The maximum Gasteiger partial charge on any atom is 0.262 e. The van der Waals surface area contributed by atoms with E-state index in [0.29, 0.717) is 29.2 Å². The standard InChI is InChI=1S/C25H21N3O4/c1-16(29)17-8-10-19(11-9-17)26-15-25(30)28-21(23-7-4-12-31-23)14-20(27-28)24-13-18-5-2-3-6-22(18)32-24/h2-13,21,26H,14-15H2,1H3. The molecule has 160 valence electrons. The molecule has 3 heterocycles. The third-order valence-corrected chi connectivity index (χ3v) is 5.48. The van der Waals surface area contributed by atoms with Gasteiger partial charge in [0.1, 0.15) is 23.1 Å². The van der Waals surface area contributed by atoms with Crippen LogP contribution in [0.15, 0.2) is 86.9 Å². The van der Waals surface area contributed by atoms with Crippen LogP contribution in [0.2, 0.25) is 0 Å². The lowest BCUT2D eigenvalue weighted by molar-refractivity contribution is -0.131. The molecular formula is C25H21N3O4. The molecule has 4 aromatic rings. The van der Waals surface area contributed by atoms with Gasteiger partial charge in [0.05, 0.1) is 12.8 Å². The molecule has 32 heavy (non-hydrogen) atoms. The summed E-state index contributed by atoms with van der Waals surface area (Å²) in [5.74, 6) is 1.11. The van der Waals surface area contributed by atoms with Gasteiger partial charge >= 0.3 is 0 Å². The topological polar surface area (TPSA) is 88.0 Å². The van der Waals surface area contributed by atoms with Gasteiger partial charge < -0.3 is 14.2 Å². The van der Waals surface area contributed by atoms with Gasteiger partial charge in [-0.3, -0.25) is 9.59 Å². The van der Waals surface area contributed by atoms with Crippen molar-refractivity contribution in [3.05, 3.63) is 90.1 Å². The molecule has 0 saturated carbocycles. The Hall–Kier alpha value is -4.13. The molecule has 7 nitrogen and oxygen atoms in total. The van der Waals surface area contributed by atoms with Gasteiger partial charge in [-0.05, 0) is 55.5 Å². The van der Waals surface area contributed by atoms with Crippen LogP contribution in [0.5, 0.6) is 0 Å². The second-order valence-corrected chi connectivity index (χ2v) is 7.66. The molecule has 1 aliphatic rings. The van der Waals surface area contributed by atoms with Crippen molar-refractivity contribution in [3.8, 4) is 0 Å². The molecule has 2 aromatic heterocycles. The summed E-state index contributed by atoms with van der Waals surface area (Å²) in [5.41, 5.74) is 2.85. The lowest BCUT2D eigenvalue weighted by Crippen LogP contribution is -2.32. The first-order valence-corrected chi connectivity index (χ1v) is 10.4. The van der Waals surface area contributed by atoms with Crippen LogP contribution in [-0.4, -0.2) is 29.0 Å². The Morgan fingerprint density at radius 3 is 2.62 bits per heavy atom. The largest absolute Gasteiger partial charge is 0.467 e. The lowest BCUT2D eigenvalue weighted by atomic mass is 10.1. The molecule has 5 rings (SSSR count). The van der Waals surface area contributed by atoms with E-state index in [1.165, 1.54) is 11.9 Å². The number of amides is 1. The smallest absolute Gasteiger partial charge is 0.262 e. The summed E-state index contributed by atoms with van der Waals surface area (Å²) in [6, 6.07) is 20.0. The lowest BCUT2D eigenvalue weighted by Gasteiger charge is -2.20. The number of hydrogen-bond donors (Lipinski definition) is 1. The van der Waals surface area contributed by atoms with E-state index >= 15 is 0 Å². The predicted octanol–water partition coefficient (Wildman–Crippen LogP) is 5.02. The molecule has 0 spiro atoms. The van der Waals surface area contributed by atoms with Crippen LogP contribution in [0.25, 0.3) is 11.0 Å². The number of nitrogens with zero attached hydrogens (tertiary/aromatic N) is 2. The van der Waals surface area contributed by atoms with Gasteiger partial charge in [0.25, 0.3) is 5.91 Å². The molecule has 0 radical (unpaired) electrons. The number of para-hydroxylation sites is 1. The zero-order valence-electron chi connectivity index (χ0n) is 17.4. The normalized spacial score (nSPS) is 15.7. The summed E-state index contributed by atoms with van der Waals surface area (Å²) in [7, 11) is 0. The van der Waals surface area contributed by atoms with E-state index in [9.17, 15) is 9.59 Å². The quantitative estimate of drug-likeness (QED) is 0.437. The first-order chi connectivity index (χ1) is 15.6. The number of benzene rings is 2. The zero-order valence-corrected chi connectivity index (χ0v) is 17.4. The summed E-state index contributed by atoms with van der Waals surface area (Å²) in [6.45, 7) is 1.57. The van der Waals surface area contributed by atoms with Crippen molar-refractivity contribution >= 4 is 34.1 Å². The van der Waals surface area contributed by atoms with Crippen LogP contribution >= 0.6 is 0 Å². The van der Waals surface area contributed by atoms with E-state index < -0.39 is 0 Å². The van der Waals surface area contributed by atoms with Gasteiger partial charge in [0.2, 0.25) is 0 Å². The molecule has 1 atom stereocenters. The Kier molecular flexibility index (Phi) is 5.07. The van der Waals surface area contributed by atoms with Gasteiger partial charge in [-0.25, -0.2) is 5.01 Å². The molecule has 1 aliphatic heterocycles. The Labute approximate surface area is 184 Å². The SMILES string of the molecule is CC(=O)c1ccc(NCC(=O)N2N=C(c3cc4ccccc4o3)CC2c2ccco2)cc1. The maximum atomic E-state index is 13.1. The molecule has 0 fully saturated rings. The fourth-order valence-electron chi connectivity index (χ4n) is 3.80. The highest BCUT2D eigenvalue weighted by Gasteiger charge is 2.35. The van der Waals surface area contributed by atoms with E-state index in [2.05, 4.69) is 10.4 Å². The zero-order chi connectivity index (χ0) is 22.1. The number of carbonyl (C=O) groups is 2. The van der Waals surface area contributed by atoms with Crippen molar-refractivity contribution in [3.63, 3.8) is 0 Å². The van der Waals surface area contributed by atoms with E-state index in [1.54, 1.807) is 36.6 Å². The predicted molar refractivity (Wildman–Crippen MR) is 121 cm³/mol. The summed E-state index contributed by atoms with van der Waals surface area (Å²) in [6.07, 6.45) is 2.08. The molecule has 2 aromatic carbocycles. The van der Waals surface area contributed by atoms with Crippen LogP contribution in [0, 0.1) is 0 Å². The Morgan fingerprint density at radius 2 is 1.91 bits per heavy atom. The summed E-state index contributed by atoms with van der Waals surface area (Å²) in [5, 5.41) is 10.1. The average Bonchev–Trinajstić information content (AvgIpc) is 3.56. The van der Waals surface area contributed by atoms with E-state index in [-0.39, 0.29) is 24.3 Å². The number of rotatable bonds is 6. The number of anilines is 1. The van der Waals surface area contributed by atoms with Crippen molar-refractivity contribution < 1.29 is 18.4 Å². The van der Waals surface area contributed by atoms with Crippen LogP contribution < -0.4 is 5.32 Å². The number of nitrogens with one attached hydrogen (secondary N) is 1. The molecule has 1 unspecified atom stereocenters. The highest BCUT2D eigenvalue weighted by Crippen LogP contribution is 2.34. The summed E-state index contributed by atoms with van der Waals surface area (Å²) in [4.78, 5) is 24.5. The monoisotopic (exact) mass is 427 g/mol. The third-order valence-electron chi connectivity index (χ3n) is 5.48. The molecule has 0 bridgehead atoms. The molecule has 0 aliphatic carbocycles. The Morgan fingerprint density at radius 1 is 1.09 bits per heavy atom.